The van der Waals surface area contributed by atoms with Gasteiger partial charge in [0, 0.05) is 17.3 Å². The summed E-state index contributed by atoms with van der Waals surface area (Å²) in [5, 5.41) is 0. The van der Waals surface area contributed by atoms with Crippen LogP contribution in [0.3, 0.4) is 0 Å². The van der Waals surface area contributed by atoms with Crippen LogP contribution in [0.5, 0.6) is 0 Å². The normalized spacial score (nSPS) is 14.5. The van der Waals surface area contributed by atoms with Crippen molar-refractivity contribution in [2.75, 3.05) is 13.2 Å². The van der Waals surface area contributed by atoms with Crippen molar-refractivity contribution in [2.24, 2.45) is 0 Å². The van der Waals surface area contributed by atoms with E-state index < -0.39 is 8.07 Å². The maximum absolute atomic E-state index is 5.67. The largest absolute Gasteiger partial charge is 0.348 e. The van der Waals surface area contributed by atoms with Crippen LogP contribution in [0.25, 0.3) is 11.1 Å². The van der Waals surface area contributed by atoms with Crippen molar-refractivity contribution in [1.82, 2.24) is 4.98 Å². The highest BCUT2D eigenvalue weighted by molar-refractivity contribution is 6.83. The van der Waals surface area contributed by atoms with Crippen LogP contribution in [0.4, 0.5) is 0 Å². The van der Waals surface area contributed by atoms with E-state index in [4.69, 9.17) is 9.47 Å². The molecule has 2 heterocycles. The van der Waals surface area contributed by atoms with Crippen LogP contribution < -0.4 is 0 Å². The van der Waals surface area contributed by atoms with Crippen molar-refractivity contribution in [3.05, 3.63) is 70.7 Å². The third-order valence-electron chi connectivity index (χ3n) is 4.58. The zero-order valence-corrected chi connectivity index (χ0v) is 19.0. The van der Waals surface area contributed by atoms with Gasteiger partial charge in [-0.2, -0.15) is 0 Å². The fraction of sp³-hybridized carbons (Fsp3) is 0.360. The van der Waals surface area contributed by atoms with E-state index in [2.05, 4.69) is 86.0 Å². The fourth-order valence-electron chi connectivity index (χ4n) is 2.94. The molecule has 0 radical (unpaired) electrons. The summed E-state index contributed by atoms with van der Waals surface area (Å²) in [5.41, 5.74) is 13.1. The second-order valence-corrected chi connectivity index (χ2v) is 13.1. The number of rotatable bonds is 3. The van der Waals surface area contributed by atoms with Gasteiger partial charge in [0.15, 0.2) is 6.29 Å². The Balaban J connectivity index is 1.77. The van der Waals surface area contributed by atoms with Gasteiger partial charge in [-0.05, 0) is 49.1 Å². The second kappa shape index (κ2) is 9.39. The minimum Gasteiger partial charge on any atom is -0.348 e. The third-order valence-corrected chi connectivity index (χ3v) is 5.46. The third kappa shape index (κ3) is 6.29. The van der Waals surface area contributed by atoms with Crippen molar-refractivity contribution >= 4 is 19.2 Å². The lowest BCUT2D eigenvalue weighted by Gasteiger charge is -2.23. The SMILES string of the molecule is CC(=C=C(C)c1ccc(C#C[Si](C)(C)C)nc1)c1ccc(C2OCCCO2)cc1. The first-order chi connectivity index (χ1) is 13.8. The molecule has 3 rings (SSSR count). The maximum atomic E-state index is 5.67. The van der Waals surface area contributed by atoms with E-state index in [1.54, 1.807) is 0 Å². The summed E-state index contributed by atoms with van der Waals surface area (Å²) in [6.45, 7) is 12.3. The summed E-state index contributed by atoms with van der Waals surface area (Å²) in [4.78, 5) is 4.50. The summed E-state index contributed by atoms with van der Waals surface area (Å²) in [6, 6.07) is 12.4. The van der Waals surface area contributed by atoms with Crippen LogP contribution in [0.2, 0.25) is 19.6 Å². The molecule has 0 spiro atoms. The molecule has 1 aliphatic heterocycles. The smallest absolute Gasteiger partial charge is 0.183 e. The van der Waals surface area contributed by atoms with Gasteiger partial charge >= 0.3 is 0 Å². The molecule has 0 atom stereocenters. The van der Waals surface area contributed by atoms with Gasteiger partial charge in [0.2, 0.25) is 0 Å². The lowest BCUT2D eigenvalue weighted by molar-refractivity contribution is -0.183. The molecule has 29 heavy (non-hydrogen) atoms. The minimum atomic E-state index is -1.39. The Bertz CT molecular complexity index is 961. The van der Waals surface area contributed by atoms with Crippen molar-refractivity contribution in [3.63, 3.8) is 0 Å². The fourth-order valence-corrected chi connectivity index (χ4v) is 3.44. The number of benzene rings is 1. The van der Waals surface area contributed by atoms with E-state index >= 15 is 0 Å². The summed E-state index contributed by atoms with van der Waals surface area (Å²) in [7, 11) is -1.39. The molecule has 0 aliphatic carbocycles. The number of aromatic nitrogens is 1. The average Bonchev–Trinajstić information content (AvgIpc) is 2.73. The molecule has 1 aromatic heterocycles. The predicted molar refractivity (Wildman–Crippen MR) is 122 cm³/mol. The molecule has 1 aromatic carbocycles. The van der Waals surface area contributed by atoms with Crippen LogP contribution in [-0.2, 0) is 9.47 Å². The molecule has 0 saturated carbocycles. The molecule has 0 bridgehead atoms. The number of hydrogen-bond donors (Lipinski definition) is 0. The highest BCUT2D eigenvalue weighted by atomic mass is 28.3. The van der Waals surface area contributed by atoms with Gasteiger partial charge in [0.25, 0.3) is 0 Å². The van der Waals surface area contributed by atoms with Gasteiger partial charge in [0.05, 0.1) is 13.2 Å². The first-order valence-electron chi connectivity index (χ1n) is 10.1. The maximum Gasteiger partial charge on any atom is 0.183 e. The molecule has 1 aliphatic rings. The second-order valence-electron chi connectivity index (χ2n) is 8.36. The Morgan fingerprint density at radius 3 is 2.14 bits per heavy atom. The Labute approximate surface area is 175 Å². The van der Waals surface area contributed by atoms with E-state index in [1.165, 1.54) is 0 Å². The number of nitrogens with zero attached hydrogens (tertiary/aromatic N) is 1. The van der Waals surface area contributed by atoms with E-state index in [0.29, 0.717) is 0 Å². The van der Waals surface area contributed by atoms with E-state index in [1.807, 2.05) is 12.3 Å². The van der Waals surface area contributed by atoms with E-state index in [-0.39, 0.29) is 6.29 Å². The van der Waals surface area contributed by atoms with E-state index in [9.17, 15) is 0 Å². The Morgan fingerprint density at radius 2 is 1.55 bits per heavy atom. The molecule has 1 saturated heterocycles. The zero-order valence-electron chi connectivity index (χ0n) is 18.0. The molecular weight excluding hydrogens is 374 g/mol. The van der Waals surface area contributed by atoms with Crippen molar-refractivity contribution in [2.45, 2.75) is 46.2 Å². The van der Waals surface area contributed by atoms with Crippen molar-refractivity contribution < 1.29 is 9.47 Å². The molecule has 0 unspecified atom stereocenters. The molecule has 0 N–H and O–H groups in total. The first kappa shape index (κ1) is 21.3. The predicted octanol–water partition coefficient (Wildman–Crippen LogP) is 5.85. The quantitative estimate of drug-likeness (QED) is 0.366. The molecule has 2 aromatic rings. The van der Waals surface area contributed by atoms with Gasteiger partial charge in [-0.3, -0.25) is 0 Å². The Kier molecular flexibility index (Phi) is 6.90. The minimum absolute atomic E-state index is 0.243. The number of ether oxygens (including phenoxy) is 2. The molecule has 1 fully saturated rings. The summed E-state index contributed by atoms with van der Waals surface area (Å²) in [5.74, 6) is 3.19. The number of hydrogen-bond acceptors (Lipinski definition) is 3. The molecule has 0 amide bonds. The Morgan fingerprint density at radius 1 is 0.931 bits per heavy atom. The zero-order chi connectivity index (χ0) is 20.9. The van der Waals surface area contributed by atoms with Crippen LogP contribution in [-0.4, -0.2) is 26.3 Å². The van der Waals surface area contributed by atoms with Crippen LogP contribution in [0, 0.1) is 11.5 Å². The van der Waals surface area contributed by atoms with Crippen molar-refractivity contribution in [3.8, 4) is 11.5 Å². The van der Waals surface area contributed by atoms with Gasteiger partial charge in [-0.1, -0.05) is 49.8 Å². The van der Waals surface area contributed by atoms with Crippen LogP contribution in [0.1, 0.15) is 48.9 Å². The van der Waals surface area contributed by atoms with Gasteiger partial charge in [0.1, 0.15) is 13.8 Å². The van der Waals surface area contributed by atoms with Crippen LogP contribution in [0.15, 0.2) is 48.3 Å². The highest BCUT2D eigenvalue weighted by Crippen LogP contribution is 2.25. The van der Waals surface area contributed by atoms with Crippen LogP contribution >= 0.6 is 0 Å². The average molecular weight is 404 g/mol. The first-order valence-corrected chi connectivity index (χ1v) is 13.6. The molecule has 3 nitrogen and oxygen atoms in total. The van der Waals surface area contributed by atoms with Gasteiger partial charge < -0.3 is 9.47 Å². The summed E-state index contributed by atoms with van der Waals surface area (Å²) < 4.78 is 11.3. The standard InChI is InChI=1S/C25H29NO2Si/c1-19(21-7-9-22(10-8-21)25-27-14-6-15-28-25)17-20(2)23-11-12-24(26-18-23)13-16-29(3,4)5/h7-12,18,25H,6,14-15H2,1-5H3. The number of pyridine rings is 1. The van der Waals surface area contributed by atoms with E-state index in [0.717, 1.165) is 53.2 Å². The number of allylic oxidation sites excluding steroid dienone is 1. The lowest BCUT2D eigenvalue weighted by Crippen LogP contribution is -2.17. The summed E-state index contributed by atoms with van der Waals surface area (Å²) >= 11 is 0. The monoisotopic (exact) mass is 403 g/mol. The van der Waals surface area contributed by atoms with Crippen molar-refractivity contribution in [1.29, 1.82) is 0 Å². The van der Waals surface area contributed by atoms with Gasteiger partial charge in [-0.25, -0.2) is 4.98 Å². The molecule has 150 valence electrons. The molecular formula is C25H29NO2Si. The summed E-state index contributed by atoms with van der Waals surface area (Å²) in [6.07, 6.45) is 2.60. The lowest BCUT2D eigenvalue weighted by atomic mass is 10.0. The topological polar surface area (TPSA) is 31.4 Å². The molecule has 4 heteroatoms. The highest BCUT2D eigenvalue weighted by Gasteiger charge is 2.16. The Hall–Kier alpha value is -2.41. The van der Waals surface area contributed by atoms with Gasteiger partial charge in [-0.15, -0.1) is 11.3 Å².